The average molecular weight is 183 g/mol. The zero-order chi connectivity index (χ0) is 8.97. The third-order valence-electron chi connectivity index (χ3n) is 1.25. The molecule has 0 aliphatic rings. The van der Waals surface area contributed by atoms with Crippen LogP contribution in [0.25, 0.3) is 0 Å². The van der Waals surface area contributed by atoms with Crippen molar-refractivity contribution in [2.24, 2.45) is 0 Å². The van der Waals surface area contributed by atoms with Crippen LogP contribution in [-0.4, -0.2) is 12.6 Å². The van der Waals surface area contributed by atoms with Gasteiger partial charge in [-0.25, -0.2) is 4.79 Å². The predicted octanol–water partition coefficient (Wildman–Crippen LogP) is 1.67. The first-order valence-corrected chi connectivity index (χ1v) is 4.24. The van der Waals surface area contributed by atoms with Gasteiger partial charge < -0.3 is 10.5 Å². The molecule has 0 atom stereocenters. The molecular formula is C8H9NO2S. The SMILES string of the molecule is C=CCOC(=O)c1ccsc1N. The topological polar surface area (TPSA) is 52.3 Å². The lowest BCUT2D eigenvalue weighted by Crippen LogP contribution is -2.05. The molecule has 1 heterocycles. The predicted molar refractivity (Wildman–Crippen MR) is 49.2 cm³/mol. The molecule has 0 unspecified atom stereocenters. The van der Waals surface area contributed by atoms with Gasteiger partial charge in [-0.05, 0) is 11.4 Å². The molecule has 0 aliphatic carbocycles. The van der Waals surface area contributed by atoms with Crippen LogP contribution in [0.4, 0.5) is 5.00 Å². The maximum absolute atomic E-state index is 11.1. The summed E-state index contributed by atoms with van der Waals surface area (Å²) in [6.07, 6.45) is 1.51. The van der Waals surface area contributed by atoms with Crippen LogP contribution < -0.4 is 5.73 Å². The van der Waals surface area contributed by atoms with Crippen molar-refractivity contribution < 1.29 is 9.53 Å². The van der Waals surface area contributed by atoms with Gasteiger partial charge in [0, 0.05) is 0 Å². The monoisotopic (exact) mass is 183 g/mol. The van der Waals surface area contributed by atoms with Crippen molar-refractivity contribution in [3.63, 3.8) is 0 Å². The van der Waals surface area contributed by atoms with Gasteiger partial charge in [0.2, 0.25) is 0 Å². The normalized spacial score (nSPS) is 9.33. The summed E-state index contributed by atoms with van der Waals surface area (Å²) in [6, 6.07) is 1.64. The van der Waals surface area contributed by atoms with Gasteiger partial charge in [-0.3, -0.25) is 0 Å². The van der Waals surface area contributed by atoms with Crippen LogP contribution in [0.3, 0.4) is 0 Å². The minimum absolute atomic E-state index is 0.216. The maximum Gasteiger partial charge on any atom is 0.341 e. The Hall–Kier alpha value is -1.29. The van der Waals surface area contributed by atoms with E-state index in [0.717, 1.165) is 0 Å². The van der Waals surface area contributed by atoms with Crippen LogP contribution in [0, 0.1) is 0 Å². The second-order valence-corrected chi connectivity index (χ2v) is 3.03. The smallest absolute Gasteiger partial charge is 0.341 e. The molecule has 0 saturated carbocycles. The van der Waals surface area contributed by atoms with E-state index >= 15 is 0 Å². The van der Waals surface area contributed by atoms with Gasteiger partial charge in [0.15, 0.2) is 0 Å². The fourth-order valence-corrected chi connectivity index (χ4v) is 1.33. The Bertz CT molecular complexity index is 293. The van der Waals surface area contributed by atoms with Crippen molar-refractivity contribution in [3.8, 4) is 0 Å². The molecule has 1 rings (SSSR count). The quantitative estimate of drug-likeness (QED) is 0.573. The Morgan fingerprint density at radius 2 is 2.58 bits per heavy atom. The lowest BCUT2D eigenvalue weighted by molar-refractivity contribution is 0.0551. The summed E-state index contributed by atoms with van der Waals surface area (Å²) in [6.45, 7) is 3.65. The molecule has 0 amide bonds. The van der Waals surface area contributed by atoms with E-state index in [-0.39, 0.29) is 6.61 Å². The molecule has 2 N–H and O–H groups in total. The Morgan fingerprint density at radius 3 is 3.08 bits per heavy atom. The lowest BCUT2D eigenvalue weighted by Gasteiger charge is -1.99. The summed E-state index contributed by atoms with van der Waals surface area (Å²) < 4.78 is 4.79. The van der Waals surface area contributed by atoms with Gasteiger partial charge in [0.05, 0.1) is 5.56 Å². The van der Waals surface area contributed by atoms with E-state index in [1.54, 1.807) is 11.4 Å². The van der Waals surface area contributed by atoms with Gasteiger partial charge in [-0.15, -0.1) is 11.3 Å². The number of anilines is 1. The molecule has 1 aromatic rings. The van der Waals surface area contributed by atoms with Crippen molar-refractivity contribution in [2.75, 3.05) is 12.3 Å². The number of ether oxygens (including phenoxy) is 1. The Kier molecular flexibility index (Phi) is 2.88. The summed E-state index contributed by atoms with van der Waals surface area (Å²) in [7, 11) is 0. The maximum atomic E-state index is 11.1. The molecule has 0 fully saturated rings. The van der Waals surface area contributed by atoms with Crippen LogP contribution in [-0.2, 0) is 4.74 Å². The average Bonchev–Trinajstić information content (AvgIpc) is 2.47. The number of nitrogens with two attached hydrogens (primary N) is 1. The summed E-state index contributed by atoms with van der Waals surface area (Å²) in [5.41, 5.74) is 5.94. The van der Waals surface area contributed by atoms with E-state index in [2.05, 4.69) is 6.58 Å². The van der Waals surface area contributed by atoms with Crippen molar-refractivity contribution in [1.82, 2.24) is 0 Å². The van der Waals surface area contributed by atoms with Crippen LogP contribution in [0.5, 0.6) is 0 Å². The number of thiophene rings is 1. The van der Waals surface area contributed by atoms with E-state index in [9.17, 15) is 4.79 Å². The zero-order valence-corrected chi connectivity index (χ0v) is 7.26. The first kappa shape index (κ1) is 8.80. The first-order valence-electron chi connectivity index (χ1n) is 3.36. The van der Waals surface area contributed by atoms with Gasteiger partial charge in [0.25, 0.3) is 0 Å². The Morgan fingerprint density at radius 1 is 1.83 bits per heavy atom. The van der Waals surface area contributed by atoms with E-state index in [0.29, 0.717) is 10.6 Å². The molecule has 0 bridgehead atoms. The third kappa shape index (κ3) is 1.85. The molecule has 0 saturated heterocycles. The van der Waals surface area contributed by atoms with Crippen molar-refractivity contribution in [1.29, 1.82) is 0 Å². The highest BCUT2D eigenvalue weighted by molar-refractivity contribution is 7.14. The summed E-state index contributed by atoms with van der Waals surface area (Å²) >= 11 is 1.32. The van der Waals surface area contributed by atoms with Crippen molar-refractivity contribution >= 4 is 22.3 Å². The second-order valence-electron chi connectivity index (χ2n) is 2.09. The van der Waals surface area contributed by atoms with E-state index in [1.165, 1.54) is 17.4 Å². The molecule has 0 spiro atoms. The number of rotatable bonds is 3. The second kappa shape index (κ2) is 3.92. The first-order chi connectivity index (χ1) is 5.75. The van der Waals surface area contributed by atoms with Crippen molar-refractivity contribution in [2.45, 2.75) is 0 Å². The molecule has 1 aromatic heterocycles. The van der Waals surface area contributed by atoms with Crippen LogP contribution in [0.15, 0.2) is 24.1 Å². The number of nitrogen functional groups attached to an aromatic ring is 1. The molecular weight excluding hydrogens is 174 g/mol. The highest BCUT2D eigenvalue weighted by Crippen LogP contribution is 2.19. The fraction of sp³-hybridized carbons (Fsp3) is 0.125. The van der Waals surface area contributed by atoms with Crippen LogP contribution in [0.2, 0.25) is 0 Å². The van der Waals surface area contributed by atoms with E-state index < -0.39 is 5.97 Å². The summed E-state index contributed by atoms with van der Waals surface area (Å²) in [5, 5.41) is 2.24. The highest BCUT2D eigenvalue weighted by Gasteiger charge is 2.10. The number of hydrogen-bond acceptors (Lipinski definition) is 4. The summed E-state index contributed by atoms with van der Waals surface area (Å²) in [5.74, 6) is -0.395. The van der Waals surface area contributed by atoms with Crippen LogP contribution in [0.1, 0.15) is 10.4 Å². The standard InChI is InChI=1S/C8H9NO2S/c1-2-4-11-8(10)6-3-5-12-7(6)9/h2-3,5H,1,4,9H2. The molecule has 0 aliphatic heterocycles. The molecule has 64 valence electrons. The van der Waals surface area contributed by atoms with Gasteiger partial charge in [-0.2, -0.15) is 0 Å². The number of carbonyl (C=O) groups is 1. The van der Waals surface area contributed by atoms with Crippen molar-refractivity contribution in [3.05, 3.63) is 29.7 Å². The van der Waals surface area contributed by atoms with Crippen LogP contribution >= 0.6 is 11.3 Å². The number of carbonyl (C=O) groups excluding carboxylic acids is 1. The molecule has 3 nitrogen and oxygen atoms in total. The minimum Gasteiger partial charge on any atom is -0.458 e. The molecule has 12 heavy (non-hydrogen) atoms. The minimum atomic E-state index is -0.395. The largest absolute Gasteiger partial charge is 0.458 e. The van der Waals surface area contributed by atoms with Gasteiger partial charge >= 0.3 is 5.97 Å². The molecule has 0 aromatic carbocycles. The number of esters is 1. The Labute approximate surface area is 74.5 Å². The summed E-state index contributed by atoms with van der Waals surface area (Å²) in [4.78, 5) is 11.1. The lowest BCUT2D eigenvalue weighted by atomic mass is 10.3. The third-order valence-corrected chi connectivity index (χ3v) is 1.99. The Balaban J connectivity index is 2.65. The zero-order valence-electron chi connectivity index (χ0n) is 6.45. The van der Waals surface area contributed by atoms with Gasteiger partial charge in [0.1, 0.15) is 11.6 Å². The highest BCUT2D eigenvalue weighted by atomic mass is 32.1. The van der Waals surface area contributed by atoms with E-state index in [4.69, 9.17) is 10.5 Å². The molecule has 4 heteroatoms. The molecule has 0 radical (unpaired) electrons. The number of hydrogen-bond donors (Lipinski definition) is 1. The van der Waals surface area contributed by atoms with Gasteiger partial charge in [-0.1, -0.05) is 12.7 Å². The fourth-order valence-electron chi connectivity index (χ4n) is 0.702. The van der Waals surface area contributed by atoms with E-state index in [1.807, 2.05) is 0 Å².